The average molecular weight is 242 g/mol. The van der Waals surface area contributed by atoms with E-state index in [0.717, 1.165) is 19.3 Å². The molecule has 0 saturated carbocycles. The molecule has 100 valence electrons. The van der Waals surface area contributed by atoms with Crippen LogP contribution in [0.1, 0.15) is 53.4 Å². The number of esters is 1. The maximum Gasteiger partial charge on any atom is 0.334 e. The highest BCUT2D eigenvalue weighted by Crippen LogP contribution is 2.26. The summed E-state index contributed by atoms with van der Waals surface area (Å²) in [6.45, 7) is 11.6. The van der Waals surface area contributed by atoms with Crippen LogP contribution in [0, 0.1) is 5.92 Å². The van der Waals surface area contributed by atoms with Crippen molar-refractivity contribution in [3.63, 3.8) is 0 Å². The summed E-state index contributed by atoms with van der Waals surface area (Å²) >= 11 is 0. The molecule has 0 aromatic carbocycles. The van der Waals surface area contributed by atoms with Crippen LogP contribution in [0.5, 0.6) is 0 Å². The summed E-state index contributed by atoms with van der Waals surface area (Å²) in [5, 5.41) is 8.74. The average Bonchev–Trinajstić information content (AvgIpc) is 2.25. The summed E-state index contributed by atoms with van der Waals surface area (Å²) in [4.78, 5) is 11.7. The van der Waals surface area contributed by atoms with E-state index < -0.39 is 11.6 Å². The smallest absolute Gasteiger partial charge is 0.334 e. The van der Waals surface area contributed by atoms with Gasteiger partial charge in [0.05, 0.1) is 0 Å². The molecule has 1 atom stereocenters. The van der Waals surface area contributed by atoms with E-state index in [4.69, 9.17) is 9.84 Å². The van der Waals surface area contributed by atoms with Crippen molar-refractivity contribution in [1.82, 2.24) is 0 Å². The second-order valence-electron chi connectivity index (χ2n) is 5.11. The summed E-state index contributed by atoms with van der Waals surface area (Å²) in [7, 11) is 0. The van der Waals surface area contributed by atoms with Crippen molar-refractivity contribution < 1.29 is 14.6 Å². The number of aliphatic hydroxyl groups is 1. The molecule has 3 nitrogen and oxygen atoms in total. The van der Waals surface area contributed by atoms with Crippen molar-refractivity contribution in [2.75, 3.05) is 6.61 Å². The van der Waals surface area contributed by atoms with Gasteiger partial charge >= 0.3 is 5.97 Å². The molecular weight excluding hydrogens is 216 g/mol. The van der Waals surface area contributed by atoms with Gasteiger partial charge in [-0.05, 0) is 26.2 Å². The van der Waals surface area contributed by atoms with Gasteiger partial charge in [-0.3, -0.25) is 0 Å². The highest BCUT2D eigenvalue weighted by molar-refractivity contribution is 5.88. The zero-order valence-electron chi connectivity index (χ0n) is 11.6. The third-order valence-corrected chi connectivity index (χ3v) is 3.24. The number of carbonyl (C=O) groups excluding carboxylic acids is 1. The maximum atomic E-state index is 11.7. The van der Waals surface area contributed by atoms with Gasteiger partial charge in [0, 0.05) is 18.6 Å². The van der Waals surface area contributed by atoms with E-state index in [1.807, 2.05) is 13.8 Å². The topological polar surface area (TPSA) is 46.5 Å². The Balaban J connectivity index is 4.32. The molecule has 1 unspecified atom stereocenters. The van der Waals surface area contributed by atoms with Gasteiger partial charge in [-0.1, -0.05) is 33.3 Å². The van der Waals surface area contributed by atoms with Crippen LogP contribution in [0.25, 0.3) is 0 Å². The van der Waals surface area contributed by atoms with Crippen LogP contribution in [-0.2, 0) is 9.53 Å². The molecule has 0 aliphatic carbocycles. The molecule has 0 bridgehead atoms. The minimum Gasteiger partial charge on any atom is -0.456 e. The molecule has 17 heavy (non-hydrogen) atoms. The lowest BCUT2D eigenvalue weighted by Crippen LogP contribution is -2.35. The Hall–Kier alpha value is -0.830. The summed E-state index contributed by atoms with van der Waals surface area (Å²) < 4.78 is 5.46. The Morgan fingerprint density at radius 1 is 1.47 bits per heavy atom. The summed E-state index contributed by atoms with van der Waals surface area (Å²) in [5.41, 5.74) is -0.145. The molecule has 0 amide bonds. The molecule has 0 fully saturated rings. The van der Waals surface area contributed by atoms with Crippen molar-refractivity contribution in [2.45, 2.75) is 59.0 Å². The monoisotopic (exact) mass is 242 g/mol. The maximum absolute atomic E-state index is 11.7. The molecule has 1 N–H and O–H groups in total. The zero-order chi connectivity index (χ0) is 13.5. The summed E-state index contributed by atoms with van der Waals surface area (Å²) in [5.74, 6) is -0.0827. The van der Waals surface area contributed by atoms with Crippen LogP contribution in [0.3, 0.4) is 0 Å². The van der Waals surface area contributed by atoms with Crippen LogP contribution in [0.4, 0.5) is 0 Å². The van der Waals surface area contributed by atoms with E-state index in [1.54, 1.807) is 0 Å². The second kappa shape index (κ2) is 7.49. The van der Waals surface area contributed by atoms with Crippen LogP contribution >= 0.6 is 0 Å². The number of unbranched alkanes of at least 4 members (excludes halogenated alkanes) is 1. The van der Waals surface area contributed by atoms with Gasteiger partial charge in [0.15, 0.2) is 0 Å². The van der Waals surface area contributed by atoms with E-state index in [-0.39, 0.29) is 13.0 Å². The molecule has 0 saturated heterocycles. The van der Waals surface area contributed by atoms with Crippen molar-refractivity contribution in [3.8, 4) is 0 Å². The van der Waals surface area contributed by atoms with Crippen molar-refractivity contribution in [3.05, 3.63) is 12.2 Å². The van der Waals surface area contributed by atoms with Gasteiger partial charge in [0.25, 0.3) is 0 Å². The quantitative estimate of drug-likeness (QED) is 0.525. The van der Waals surface area contributed by atoms with Gasteiger partial charge in [0.1, 0.15) is 5.60 Å². The molecule has 0 rings (SSSR count). The largest absolute Gasteiger partial charge is 0.456 e. The first-order valence-electron chi connectivity index (χ1n) is 6.37. The Morgan fingerprint density at radius 2 is 2.06 bits per heavy atom. The first-order valence-corrected chi connectivity index (χ1v) is 6.37. The Bertz CT molecular complexity index is 256. The highest BCUT2D eigenvalue weighted by Gasteiger charge is 2.30. The number of rotatable bonds is 8. The van der Waals surface area contributed by atoms with Gasteiger partial charge < -0.3 is 9.84 Å². The van der Waals surface area contributed by atoms with E-state index in [9.17, 15) is 4.79 Å². The fourth-order valence-electron chi connectivity index (χ4n) is 1.51. The SMILES string of the molecule is C=C(CCO)C(=O)OC(C)(C)C(C)CCCC. The minimum atomic E-state index is -0.481. The van der Waals surface area contributed by atoms with E-state index >= 15 is 0 Å². The lowest BCUT2D eigenvalue weighted by molar-refractivity contribution is -0.156. The number of carbonyl (C=O) groups is 1. The van der Waals surface area contributed by atoms with Crippen LogP contribution in [0.15, 0.2) is 12.2 Å². The number of hydrogen-bond acceptors (Lipinski definition) is 3. The molecule has 0 aromatic rings. The highest BCUT2D eigenvalue weighted by atomic mass is 16.6. The van der Waals surface area contributed by atoms with Crippen molar-refractivity contribution in [1.29, 1.82) is 0 Å². The lowest BCUT2D eigenvalue weighted by Gasteiger charge is -2.32. The molecule has 0 aromatic heterocycles. The molecular formula is C14H26O3. The number of aliphatic hydroxyl groups excluding tert-OH is 1. The second-order valence-corrected chi connectivity index (χ2v) is 5.11. The third-order valence-electron chi connectivity index (χ3n) is 3.24. The Labute approximate surface area is 105 Å². The molecule has 0 heterocycles. The number of ether oxygens (including phenoxy) is 1. The van der Waals surface area contributed by atoms with Gasteiger partial charge in [-0.15, -0.1) is 0 Å². The normalized spacial score (nSPS) is 13.2. The molecule has 3 heteroatoms. The third kappa shape index (κ3) is 5.87. The Morgan fingerprint density at radius 3 is 2.53 bits per heavy atom. The standard InChI is InChI=1S/C14H26O3/c1-6-7-8-12(3)14(4,5)17-13(16)11(2)9-10-15/h12,15H,2,6-10H2,1,3-5H3. The van der Waals surface area contributed by atoms with Gasteiger partial charge in [-0.2, -0.15) is 0 Å². The van der Waals surface area contributed by atoms with Gasteiger partial charge in [-0.25, -0.2) is 4.79 Å². The summed E-state index contributed by atoms with van der Waals surface area (Å²) in [6, 6.07) is 0. The van der Waals surface area contributed by atoms with E-state index in [1.165, 1.54) is 0 Å². The van der Waals surface area contributed by atoms with Crippen LogP contribution in [0.2, 0.25) is 0 Å². The molecule has 0 aliphatic rings. The first-order chi connectivity index (χ1) is 7.85. The van der Waals surface area contributed by atoms with Crippen LogP contribution in [-0.4, -0.2) is 23.3 Å². The predicted molar refractivity (Wildman–Crippen MR) is 69.7 cm³/mol. The van der Waals surface area contributed by atoms with E-state index in [2.05, 4.69) is 20.4 Å². The molecule has 0 radical (unpaired) electrons. The van der Waals surface area contributed by atoms with Gasteiger partial charge in [0.2, 0.25) is 0 Å². The zero-order valence-corrected chi connectivity index (χ0v) is 11.6. The first kappa shape index (κ1) is 16.2. The fraction of sp³-hybridized carbons (Fsp3) is 0.786. The Kier molecular flexibility index (Phi) is 7.12. The molecule has 0 aliphatic heterocycles. The fourth-order valence-corrected chi connectivity index (χ4v) is 1.51. The summed E-state index contributed by atoms with van der Waals surface area (Å²) in [6.07, 6.45) is 3.60. The lowest BCUT2D eigenvalue weighted by atomic mass is 9.88. The number of hydrogen-bond donors (Lipinski definition) is 1. The minimum absolute atomic E-state index is 0.0697. The predicted octanol–water partition coefficient (Wildman–Crippen LogP) is 3.07. The van der Waals surface area contributed by atoms with Crippen molar-refractivity contribution >= 4 is 5.97 Å². The van der Waals surface area contributed by atoms with E-state index in [0.29, 0.717) is 11.5 Å². The molecule has 0 spiro atoms. The van der Waals surface area contributed by atoms with Crippen molar-refractivity contribution in [2.24, 2.45) is 5.92 Å². The van der Waals surface area contributed by atoms with Crippen LogP contribution < -0.4 is 0 Å².